The van der Waals surface area contributed by atoms with Gasteiger partial charge in [-0.15, -0.1) is 0 Å². The van der Waals surface area contributed by atoms with Crippen LogP contribution in [0.5, 0.6) is 0 Å². The van der Waals surface area contributed by atoms with E-state index in [1.807, 2.05) is 26.0 Å². The van der Waals surface area contributed by atoms with E-state index in [1.165, 1.54) is 11.1 Å². The Kier molecular flexibility index (Phi) is 3.70. The van der Waals surface area contributed by atoms with Crippen LogP contribution >= 0.6 is 0 Å². The molecule has 3 rings (SSSR count). The Morgan fingerprint density at radius 1 is 1.14 bits per heavy atom. The molecule has 1 amide bonds. The summed E-state index contributed by atoms with van der Waals surface area (Å²) in [5.74, 6) is 0.138. The van der Waals surface area contributed by atoms with Crippen molar-refractivity contribution in [3.8, 4) is 0 Å². The number of benzene rings is 1. The molecule has 0 N–H and O–H groups in total. The van der Waals surface area contributed by atoms with E-state index in [4.69, 9.17) is 4.74 Å². The molecule has 0 bridgehead atoms. The maximum atomic E-state index is 12.3. The molecule has 0 saturated heterocycles. The summed E-state index contributed by atoms with van der Waals surface area (Å²) in [5, 5.41) is 0. The molecule has 4 heteroatoms. The second-order valence-electron chi connectivity index (χ2n) is 6.10. The van der Waals surface area contributed by atoms with E-state index < -0.39 is 0 Å². The minimum atomic E-state index is -0.348. The van der Waals surface area contributed by atoms with Gasteiger partial charge < -0.3 is 4.74 Å². The summed E-state index contributed by atoms with van der Waals surface area (Å²) in [6.07, 6.45) is 3.87. The van der Waals surface area contributed by atoms with Crippen LogP contribution in [0.25, 0.3) is 0 Å². The highest BCUT2D eigenvalue weighted by Crippen LogP contribution is 2.34. The number of carbonyl (C=O) groups excluding carboxylic acids is 2. The van der Waals surface area contributed by atoms with Gasteiger partial charge in [0.25, 0.3) is 0 Å². The van der Waals surface area contributed by atoms with Gasteiger partial charge in [-0.2, -0.15) is 0 Å². The predicted octanol–water partition coefficient (Wildman–Crippen LogP) is 3.50. The van der Waals surface area contributed by atoms with E-state index in [-0.39, 0.29) is 18.0 Å². The molecule has 1 heterocycles. The quantitative estimate of drug-likeness (QED) is 0.794. The molecular formula is C17H21NO3. The number of hydrogen-bond acceptors (Lipinski definition) is 3. The monoisotopic (exact) mass is 287 g/mol. The van der Waals surface area contributed by atoms with Crippen molar-refractivity contribution in [2.45, 2.75) is 52.1 Å². The van der Waals surface area contributed by atoms with Crippen molar-refractivity contribution in [3.05, 3.63) is 28.8 Å². The van der Waals surface area contributed by atoms with E-state index in [0.29, 0.717) is 24.9 Å². The number of fused-ring (bicyclic) bond motifs is 2. The van der Waals surface area contributed by atoms with E-state index in [1.54, 1.807) is 4.90 Å². The Morgan fingerprint density at radius 3 is 2.57 bits per heavy atom. The van der Waals surface area contributed by atoms with Crippen LogP contribution in [-0.2, 0) is 17.6 Å². The van der Waals surface area contributed by atoms with Crippen LogP contribution in [0.4, 0.5) is 10.5 Å². The second-order valence-corrected chi connectivity index (χ2v) is 6.10. The molecule has 0 atom stereocenters. The summed E-state index contributed by atoms with van der Waals surface area (Å²) in [6.45, 7) is 4.22. The van der Waals surface area contributed by atoms with Gasteiger partial charge in [0.2, 0.25) is 0 Å². The molecule has 4 nitrogen and oxygen atoms in total. The minimum Gasteiger partial charge on any atom is -0.446 e. The number of aryl methyl sites for hydroxylation is 2. The summed E-state index contributed by atoms with van der Waals surface area (Å²) in [6, 6.07) is 4.03. The fraction of sp³-hybridized carbons (Fsp3) is 0.529. The minimum absolute atomic E-state index is 0.138. The van der Waals surface area contributed by atoms with Gasteiger partial charge in [0.15, 0.2) is 5.78 Å². The lowest BCUT2D eigenvalue weighted by Crippen LogP contribution is -2.34. The summed E-state index contributed by atoms with van der Waals surface area (Å²) >= 11 is 0. The molecule has 0 saturated carbocycles. The maximum absolute atomic E-state index is 12.3. The summed E-state index contributed by atoms with van der Waals surface area (Å²) in [7, 11) is 0. The number of nitrogens with zero attached hydrogens (tertiary/aromatic N) is 1. The third kappa shape index (κ3) is 2.67. The lowest BCUT2D eigenvalue weighted by molar-refractivity contribution is 0.0983. The van der Waals surface area contributed by atoms with Crippen molar-refractivity contribution in [1.82, 2.24) is 0 Å². The van der Waals surface area contributed by atoms with Crippen LogP contribution in [0.2, 0.25) is 0 Å². The zero-order chi connectivity index (χ0) is 15.0. The lowest BCUT2D eigenvalue weighted by atomic mass is 10.00. The van der Waals surface area contributed by atoms with Gasteiger partial charge in [-0.25, -0.2) is 4.79 Å². The Morgan fingerprint density at radius 2 is 1.86 bits per heavy atom. The fourth-order valence-corrected chi connectivity index (χ4v) is 3.17. The van der Waals surface area contributed by atoms with Gasteiger partial charge in [0.05, 0.1) is 11.8 Å². The largest absolute Gasteiger partial charge is 0.446 e. The summed E-state index contributed by atoms with van der Waals surface area (Å²) < 4.78 is 5.33. The van der Waals surface area contributed by atoms with E-state index in [0.717, 1.165) is 24.9 Å². The van der Waals surface area contributed by atoms with Gasteiger partial charge in [0, 0.05) is 18.5 Å². The first-order valence-corrected chi connectivity index (χ1v) is 7.73. The standard InChI is InChI=1S/C17H21NO3/c1-11(2)21-17(20)18-8-4-7-16(19)14-9-12-5-3-6-13(12)10-15(14)18/h9-11H,3-8H2,1-2H3. The third-order valence-electron chi connectivity index (χ3n) is 4.14. The van der Waals surface area contributed by atoms with Crippen molar-refractivity contribution >= 4 is 17.6 Å². The first-order valence-electron chi connectivity index (χ1n) is 7.73. The van der Waals surface area contributed by atoms with Crippen LogP contribution in [0, 0.1) is 0 Å². The normalized spacial score (nSPS) is 17.5. The zero-order valence-electron chi connectivity index (χ0n) is 12.6. The predicted molar refractivity (Wildman–Crippen MR) is 81.0 cm³/mol. The van der Waals surface area contributed by atoms with Crippen molar-refractivity contribution in [2.24, 2.45) is 0 Å². The molecule has 0 unspecified atom stereocenters. The number of carbonyl (C=O) groups is 2. The van der Waals surface area contributed by atoms with Crippen LogP contribution < -0.4 is 4.90 Å². The van der Waals surface area contributed by atoms with Gasteiger partial charge in [-0.1, -0.05) is 0 Å². The molecule has 0 radical (unpaired) electrons. The molecule has 1 aliphatic heterocycles. The third-order valence-corrected chi connectivity index (χ3v) is 4.14. The van der Waals surface area contributed by atoms with Crippen LogP contribution in [0.1, 0.15) is 54.6 Å². The van der Waals surface area contributed by atoms with Crippen LogP contribution in [-0.4, -0.2) is 24.5 Å². The Bertz CT molecular complexity index is 592. The van der Waals surface area contributed by atoms with Crippen molar-refractivity contribution in [2.75, 3.05) is 11.4 Å². The molecule has 1 aromatic carbocycles. The molecule has 112 valence electrons. The molecule has 0 fully saturated rings. The van der Waals surface area contributed by atoms with Crippen LogP contribution in [0.15, 0.2) is 12.1 Å². The number of anilines is 1. The van der Waals surface area contributed by atoms with Gasteiger partial charge >= 0.3 is 6.09 Å². The number of hydrogen-bond donors (Lipinski definition) is 0. The average Bonchev–Trinajstić information content (AvgIpc) is 2.81. The highest BCUT2D eigenvalue weighted by atomic mass is 16.6. The number of amides is 1. The molecule has 0 aromatic heterocycles. The van der Waals surface area contributed by atoms with E-state index in [2.05, 4.69) is 0 Å². The van der Waals surface area contributed by atoms with Crippen molar-refractivity contribution in [1.29, 1.82) is 0 Å². The SMILES string of the molecule is CC(C)OC(=O)N1CCCC(=O)c2cc3c(cc21)CCC3. The number of Topliss-reactive ketones (excluding diaryl/α,β-unsaturated/α-hetero) is 1. The number of ketones is 1. The van der Waals surface area contributed by atoms with Crippen molar-refractivity contribution < 1.29 is 14.3 Å². The first-order chi connectivity index (χ1) is 10.1. The van der Waals surface area contributed by atoms with Crippen molar-refractivity contribution in [3.63, 3.8) is 0 Å². The molecule has 2 aliphatic rings. The second kappa shape index (κ2) is 5.51. The van der Waals surface area contributed by atoms with Gasteiger partial charge in [-0.3, -0.25) is 9.69 Å². The summed E-state index contributed by atoms with van der Waals surface area (Å²) in [4.78, 5) is 26.3. The molecule has 1 aliphatic carbocycles. The molecule has 21 heavy (non-hydrogen) atoms. The maximum Gasteiger partial charge on any atom is 0.414 e. The lowest BCUT2D eigenvalue weighted by Gasteiger charge is -2.24. The highest BCUT2D eigenvalue weighted by molar-refractivity contribution is 6.06. The Balaban J connectivity index is 2.03. The van der Waals surface area contributed by atoms with E-state index in [9.17, 15) is 9.59 Å². The summed E-state index contributed by atoms with van der Waals surface area (Å²) in [5.41, 5.74) is 3.96. The van der Waals surface area contributed by atoms with Gasteiger partial charge in [0.1, 0.15) is 0 Å². The Labute approximate surface area is 125 Å². The van der Waals surface area contributed by atoms with Gasteiger partial charge in [-0.05, 0) is 62.8 Å². The molecule has 1 aromatic rings. The fourth-order valence-electron chi connectivity index (χ4n) is 3.17. The molecular weight excluding hydrogens is 266 g/mol. The zero-order valence-corrected chi connectivity index (χ0v) is 12.6. The van der Waals surface area contributed by atoms with E-state index >= 15 is 0 Å². The number of rotatable bonds is 1. The Hall–Kier alpha value is -1.84. The number of ether oxygens (including phenoxy) is 1. The first kappa shape index (κ1) is 14.1. The molecule has 0 spiro atoms. The average molecular weight is 287 g/mol. The topological polar surface area (TPSA) is 46.6 Å². The highest BCUT2D eigenvalue weighted by Gasteiger charge is 2.28. The smallest absolute Gasteiger partial charge is 0.414 e. The van der Waals surface area contributed by atoms with Crippen LogP contribution in [0.3, 0.4) is 0 Å².